The summed E-state index contributed by atoms with van der Waals surface area (Å²) >= 11 is 0. The molecule has 3 heteroatoms. The molecule has 0 bridgehead atoms. The summed E-state index contributed by atoms with van der Waals surface area (Å²) in [7, 11) is 0. The molecule has 0 radical (unpaired) electrons. The highest BCUT2D eigenvalue weighted by Gasteiger charge is 2.02. The van der Waals surface area contributed by atoms with E-state index in [1.54, 1.807) is 12.5 Å². The van der Waals surface area contributed by atoms with Crippen molar-refractivity contribution in [1.82, 2.24) is 14.5 Å². The summed E-state index contributed by atoms with van der Waals surface area (Å²) in [5, 5.41) is 0. The first-order valence-corrected chi connectivity index (χ1v) is 6.35. The molecular weight excluding hydrogens is 234 g/mol. The van der Waals surface area contributed by atoms with Gasteiger partial charge in [0.2, 0.25) is 0 Å². The first-order valence-electron chi connectivity index (χ1n) is 6.35. The van der Waals surface area contributed by atoms with Crippen LogP contribution in [0.25, 0.3) is 5.69 Å². The molecule has 1 aromatic carbocycles. The quantitative estimate of drug-likeness (QED) is 0.707. The average molecular weight is 253 g/mol. The van der Waals surface area contributed by atoms with Crippen LogP contribution in [-0.4, -0.2) is 27.5 Å². The summed E-state index contributed by atoms with van der Waals surface area (Å²) in [4.78, 5) is 6.33. The lowest BCUT2D eigenvalue weighted by Gasteiger charge is -2.18. The number of hydrogen-bond acceptors (Lipinski definition) is 2. The van der Waals surface area contributed by atoms with Gasteiger partial charge in [0.1, 0.15) is 0 Å². The van der Waals surface area contributed by atoms with E-state index in [1.165, 1.54) is 5.56 Å². The Morgan fingerprint density at radius 3 is 2.32 bits per heavy atom. The molecule has 2 rings (SSSR count). The maximum atomic E-state index is 4.05. The van der Waals surface area contributed by atoms with Crippen molar-refractivity contribution in [3.05, 3.63) is 73.9 Å². The second-order valence-corrected chi connectivity index (χ2v) is 4.41. The molecule has 0 fully saturated rings. The lowest BCUT2D eigenvalue weighted by Crippen LogP contribution is -2.23. The van der Waals surface area contributed by atoms with Crippen LogP contribution in [0.5, 0.6) is 0 Å². The van der Waals surface area contributed by atoms with Gasteiger partial charge in [0.05, 0.1) is 6.33 Å². The molecule has 0 aliphatic heterocycles. The standard InChI is InChI=1S/C16H19N3/c1-3-10-18(11-4-2)13-15-5-7-16(8-6-15)19-12-9-17-14-19/h3-9,12,14H,1-2,10-11,13H2. The summed E-state index contributed by atoms with van der Waals surface area (Å²) in [5.74, 6) is 0. The molecular formula is C16H19N3. The van der Waals surface area contributed by atoms with Crippen LogP contribution in [0.3, 0.4) is 0 Å². The highest BCUT2D eigenvalue weighted by atomic mass is 15.1. The largest absolute Gasteiger partial charge is 0.306 e. The van der Waals surface area contributed by atoms with Crippen LogP contribution in [0.4, 0.5) is 0 Å². The minimum Gasteiger partial charge on any atom is -0.306 e. The van der Waals surface area contributed by atoms with E-state index in [0.717, 1.165) is 25.3 Å². The normalized spacial score (nSPS) is 10.6. The van der Waals surface area contributed by atoms with Gasteiger partial charge in [0, 0.05) is 37.7 Å². The number of benzene rings is 1. The SMILES string of the molecule is C=CCN(CC=C)Cc1ccc(-n2ccnc2)cc1. The molecule has 19 heavy (non-hydrogen) atoms. The Kier molecular flexibility index (Phi) is 4.70. The maximum absolute atomic E-state index is 4.05. The van der Waals surface area contributed by atoms with Crippen molar-refractivity contribution in [3.63, 3.8) is 0 Å². The van der Waals surface area contributed by atoms with Crippen molar-refractivity contribution in [2.45, 2.75) is 6.54 Å². The van der Waals surface area contributed by atoms with Crippen molar-refractivity contribution in [3.8, 4) is 5.69 Å². The van der Waals surface area contributed by atoms with Crippen molar-refractivity contribution in [2.24, 2.45) is 0 Å². The monoisotopic (exact) mass is 253 g/mol. The van der Waals surface area contributed by atoms with Crippen molar-refractivity contribution >= 4 is 0 Å². The Balaban J connectivity index is 2.05. The first-order chi connectivity index (χ1) is 9.33. The van der Waals surface area contributed by atoms with Gasteiger partial charge in [-0.25, -0.2) is 4.98 Å². The van der Waals surface area contributed by atoms with Gasteiger partial charge in [-0.3, -0.25) is 4.90 Å². The maximum Gasteiger partial charge on any atom is 0.0991 e. The molecule has 0 unspecified atom stereocenters. The summed E-state index contributed by atoms with van der Waals surface area (Å²) in [6, 6.07) is 8.51. The molecule has 0 amide bonds. The molecule has 0 saturated heterocycles. The molecule has 98 valence electrons. The zero-order valence-corrected chi connectivity index (χ0v) is 11.1. The van der Waals surface area contributed by atoms with Crippen LogP contribution in [0.2, 0.25) is 0 Å². The molecule has 0 atom stereocenters. The Labute approximate surface area is 114 Å². The summed E-state index contributed by atoms with van der Waals surface area (Å²) in [6.45, 7) is 10.2. The van der Waals surface area contributed by atoms with E-state index in [9.17, 15) is 0 Å². The van der Waals surface area contributed by atoms with Crippen molar-refractivity contribution in [2.75, 3.05) is 13.1 Å². The number of rotatable bonds is 7. The predicted molar refractivity (Wildman–Crippen MR) is 79.2 cm³/mol. The minimum absolute atomic E-state index is 0.870. The van der Waals surface area contributed by atoms with Crippen molar-refractivity contribution in [1.29, 1.82) is 0 Å². The van der Waals surface area contributed by atoms with Crippen LogP contribution in [0.15, 0.2) is 68.3 Å². The Hall–Kier alpha value is -2.13. The van der Waals surface area contributed by atoms with E-state index in [-0.39, 0.29) is 0 Å². The number of nitrogens with zero attached hydrogens (tertiary/aromatic N) is 3. The molecule has 1 heterocycles. The Morgan fingerprint density at radius 2 is 1.79 bits per heavy atom. The van der Waals surface area contributed by atoms with E-state index in [4.69, 9.17) is 0 Å². The summed E-state index contributed by atoms with van der Waals surface area (Å²) in [5.41, 5.74) is 2.41. The smallest absolute Gasteiger partial charge is 0.0991 e. The average Bonchev–Trinajstić information content (AvgIpc) is 2.94. The van der Waals surface area contributed by atoms with Gasteiger partial charge in [0.25, 0.3) is 0 Å². The van der Waals surface area contributed by atoms with Crippen LogP contribution in [0.1, 0.15) is 5.56 Å². The Morgan fingerprint density at radius 1 is 1.11 bits per heavy atom. The topological polar surface area (TPSA) is 21.1 Å². The van der Waals surface area contributed by atoms with Gasteiger partial charge in [-0.1, -0.05) is 24.3 Å². The molecule has 0 spiro atoms. The van der Waals surface area contributed by atoms with Gasteiger partial charge in [-0.2, -0.15) is 0 Å². The highest BCUT2D eigenvalue weighted by Crippen LogP contribution is 2.11. The van der Waals surface area contributed by atoms with Crippen LogP contribution in [0, 0.1) is 0 Å². The fourth-order valence-corrected chi connectivity index (χ4v) is 2.01. The molecule has 0 N–H and O–H groups in total. The van der Waals surface area contributed by atoms with Crippen molar-refractivity contribution < 1.29 is 0 Å². The molecule has 3 nitrogen and oxygen atoms in total. The number of hydrogen-bond donors (Lipinski definition) is 0. The lowest BCUT2D eigenvalue weighted by atomic mass is 10.2. The lowest BCUT2D eigenvalue weighted by molar-refractivity contribution is 0.328. The summed E-state index contributed by atoms with van der Waals surface area (Å²) in [6.07, 6.45) is 9.37. The zero-order chi connectivity index (χ0) is 13.5. The minimum atomic E-state index is 0.870. The van der Waals surface area contributed by atoms with Crippen LogP contribution >= 0.6 is 0 Å². The van der Waals surface area contributed by atoms with Gasteiger partial charge in [-0.05, 0) is 17.7 Å². The molecule has 1 aromatic heterocycles. The van der Waals surface area contributed by atoms with Gasteiger partial charge in [-0.15, -0.1) is 13.2 Å². The molecule has 0 aliphatic rings. The fourth-order valence-electron chi connectivity index (χ4n) is 2.01. The van der Waals surface area contributed by atoms with E-state index in [2.05, 4.69) is 47.3 Å². The van der Waals surface area contributed by atoms with E-state index in [0.29, 0.717) is 0 Å². The fraction of sp³-hybridized carbons (Fsp3) is 0.188. The van der Waals surface area contributed by atoms with Gasteiger partial charge >= 0.3 is 0 Å². The first kappa shape index (κ1) is 13.3. The van der Waals surface area contributed by atoms with E-state index >= 15 is 0 Å². The Bertz CT molecular complexity index is 501. The van der Waals surface area contributed by atoms with Crippen LogP contribution < -0.4 is 0 Å². The number of imidazole rings is 1. The zero-order valence-electron chi connectivity index (χ0n) is 11.1. The predicted octanol–water partition coefficient (Wildman–Crippen LogP) is 3.05. The highest BCUT2D eigenvalue weighted by molar-refractivity contribution is 5.34. The van der Waals surface area contributed by atoms with Crippen LogP contribution in [-0.2, 0) is 6.54 Å². The van der Waals surface area contributed by atoms with Gasteiger partial charge in [0.15, 0.2) is 0 Å². The summed E-state index contributed by atoms with van der Waals surface area (Å²) < 4.78 is 2.00. The second-order valence-electron chi connectivity index (χ2n) is 4.41. The third-order valence-electron chi connectivity index (χ3n) is 2.92. The van der Waals surface area contributed by atoms with E-state index < -0.39 is 0 Å². The van der Waals surface area contributed by atoms with Gasteiger partial charge < -0.3 is 4.57 Å². The van der Waals surface area contributed by atoms with E-state index in [1.807, 2.05) is 22.9 Å². The molecule has 0 saturated carbocycles. The second kappa shape index (κ2) is 6.71. The number of aromatic nitrogens is 2. The third kappa shape index (κ3) is 3.66. The molecule has 0 aliphatic carbocycles. The molecule has 2 aromatic rings. The third-order valence-corrected chi connectivity index (χ3v) is 2.92.